The molecule has 0 unspecified atom stereocenters. The number of β-lactam (4-membered cyclic amide) rings is 1. The molecular weight excluding hydrogens is 332 g/mol. The Kier molecular flexibility index (Phi) is 3.84. The molecule has 0 aliphatic carbocycles. The van der Waals surface area contributed by atoms with Crippen molar-refractivity contribution in [2.75, 3.05) is 12.3 Å². The molecule has 2 aliphatic heterocycles. The highest BCUT2D eigenvalue weighted by atomic mass is 32.2. The van der Waals surface area contributed by atoms with Crippen molar-refractivity contribution in [3.8, 4) is 0 Å². The molecule has 4 rings (SSSR count). The van der Waals surface area contributed by atoms with Crippen molar-refractivity contribution < 1.29 is 9.59 Å². The molecule has 2 amide bonds. The molecule has 0 saturated carbocycles. The van der Waals surface area contributed by atoms with Crippen LogP contribution in [0.4, 0.5) is 0 Å². The van der Waals surface area contributed by atoms with E-state index in [9.17, 15) is 9.59 Å². The molecule has 0 aromatic heterocycles. The Balaban J connectivity index is 1.63. The van der Waals surface area contributed by atoms with Gasteiger partial charge in [0.1, 0.15) is 4.87 Å². The molecule has 2 aromatic carbocycles. The van der Waals surface area contributed by atoms with Crippen LogP contribution in [0.5, 0.6) is 0 Å². The summed E-state index contributed by atoms with van der Waals surface area (Å²) < 4.78 is 0. The Morgan fingerprint density at radius 3 is 2.44 bits per heavy atom. The predicted octanol–water partition coefficient (Wildman–Crippen LogP) is 2.55. The second kappa shape index (κ2) is 5.92. The van der Waals surface area contributed by atoms with Gasteiger partial charge in [0.15, 0.2) is 5.54 Å². The van der Waals surface area contributed by atoms with Gasteiger partial charge in [-0.15, -0.1) is 11.8 Å². The lowest BCUT2D eigenvalue weighted by Crippen LogP contribution is -2.81. The van der Waals surface area contributed by atoms with E-state index >= 15 is 0 Å². The van der Waals surface area contributed by atoms with Crippen LogP contribution in [0.3, 0.4) is 0 Å². The van der Waals surface area contributed by atoms with E-state index in [4.69, 9.17) is 0 Å². The minimum Gasteiger partial charge on any atom is -0.339 e. The van der Waals surface area contributed by atoms with Crippen molar-refractivity contribution in [2.24, 2.45) is 0 Å². The minimum absolute atomic E-state index is 0.00256. The Morgan fingerprint density at radius 2 is 1.76 bits per heavy atom. The Morgan fingerprint density at radius 1 is 1.12 bits per heavy atom. The average molecular weight is 352 g/mol. The van der Waals surface area contributed by atoms with Crippen molar-refractivity contribution in [3.05, 3.63) is 71.8 Å². The highest BCUT2D eigenvalue weighted by molar-refractivity contribution is 8.00. The zero-order chi connectivity index (χ0) is 17.5. The smallest absolute Gasteiger partial charge is 0.253 e. The third kappa shape index (κ3) is 2.29. The molecule has 4 nitrogen and oxygen atoms in total. The van der Waals surface area contributed by atoms with Gasteiger partial charge in [-0.2, -0.15) is 0 Å². The number of fused-ring (bicyclic) bond motifs is 1. The van der Waals surface area contributed by atoms with E-state index < -0.39 is 10.4 Å². The summed E-state index contributed by atoms with van der Waals surface area (Å²) in [7, 11) is 0. The molecule has 1 N–H and O–H groups in total. The number of hydrogen-bond acceptors (Lipinski definition) is 3. The van der Waals surface area contributed by atoms with Crippen LogP contribution in [0.15, 0.2) is 60.7 Å². The summed E-state index contributed by atoms with van der Waals surface area (Å²) in [5.41, 5.74) is 1.10. The molecule has 2 aromatic rings. The lowest BCUT2D eigenvalue weighted by atomic mass is 9.75. The maximum Gasteiger partial charge on any atom is 0.253 e. The van der Waals surface area contributed by atoms with Gasteiger partial charge in [-0.25, -0.2) is 0 Å². The highest BCUT2D eigenvalue weighted by Crippen LogP contribution is 2.59. The van der Waals surface area contributed by atoms with Gasteiger partial charge in [-0.05, 0) is 18.1 Å². The van der Waals surface area contributed by atoms with Crippen molar-refractivity contribution in [3.63, 3.8) is 0 Å². The summed E-state index contributed by atoms with van der Waals surface area (Å²) in [5, 5.41) is 3.05. The molecule has 0 bridgehead atoms. The largest absolute Gasteiger partial charge is 0.339 e. The monoisotopic (exact) mass is 352 g/mol. The van der Waals surface area contributed by atoms with Crippen LogP contribution in [0.25, 0.3) is 0 Å². The number of hydrogen-bond donors (Lipinski definition) is 1. The number of amides is 2. The van der Waals surface area contributed by atoms with Gasteiger partial charge >= 0.3 is 0 Å². The first-order valence-corrected chi connectivity index (χ1v) is 9.43. The summed E-state index contributed by atoms with van der Waals surface area (Å²) >= 11 is 1.74. The first-order chi connectivity index (χ1) is 12.1. The van der Waals surface area contributed by atoms with E-state index in [-0.39, 0.29) is 18.2 Å². The Bertz CT molecular complexity index is 811. The van der Waals surface area contributed by atoms with Gasteiger partial charge in [0.2, 0.25) is 5.91 Å². The third-order valence-corrected chi connectivity index (χ3v) is 6.79. The number of nitrogens with one attached hydrogen (secondary N) is 1. The molecule has 5 heteroatoms. The van der Waals surface area contributed by atoms with Crippen LogP contribution < -0.4 is 5.32 Å². The Hall–Kier alpha value is -2.27. The van der Waals surface area contributed by atoms with Gasteiger partial charge < -0.3 is 10.2 Å². The Labute approximate surface area is 151 Å². The predicted molar refractivity (Wildman–Crippen MR) is 99.0 cm³/mol. The van der Waals surface area contributed by atoms with Gasteiger partial charge in [0, 0.05) is 12.3 Å². The van der Waals surface area contributed by atoms with Crippen LogP contribution in [0, 0.1) is 0 Å². The summed E-state index contributed by atoms with van der Waals surface area (Å²) in [6, 6.07) is 19.6. The second-order valence-electron chi connectivity index (χ2n) is 6.65. The fourth-order valence-corrected chi connectivity index (χ4v) is 5.60. The van der Waals surface area contributed by atoms with Gasteiger partial charge in [-0.3, -0.25) is 9.59 Å². The second-order valence-corrected chi connectivity index (χ2v) is 7.94. The van der Waals surface area contributed by atoms with E-state index in [2.05, 4.69) is 5.32 Å². The molecule has 2 saturated heterocycles. The molecule has 25 heavy (non-hydrogen) atoms. The maximum absolute atomic E-state index is 12.8. The molecule has 0 radical (unpaired) electrons. The van der Waals surface area contributed by atoms with Gasteiger partial charge in [0.05, 0.1) is 6.42 Å². The van der Waals surface area contributed by atoms with Crippen molar-refractivity contribution in [1.82, 2.24) is 10.2 Å². The van der Waals surface area contributed by atoms with E-state index in [1.807, 2.05) is 72.5 Å². The first kappa shape index (κ1) is 16.2. The average Bonchev–Trinajstić information content (AvgIpc) is 3.06. The third-order valence-electron chi connectivity index (χ3n) is 5.12. The summed E-state index contributed by atoms with van der Waals surface area (Å²) in [6.45, 7) is 2.59. The summed E-state index contributed by atoms with van der Waals surface area (Å²) in [6.07, 6.45) is 0.277. The molecule has 128 valence electrons. The molecular formula is C20H20N2O2S. The molecule has 2 fully saturated rings. The number of benzene rings is 2. The van der Waals surface area contributed by atoms with Crippen LogP contribution in [-0.2, 0) is 20.9 Å². The molecule has 2 atom stereocenters. The van der Waals surface area contributed by atoms with Crippen LogP contribution in [0.2, 0.25) is 0 Å². The van der Waals surface area contributed by atoms with Gasteiger partial charge in [0.25, 0.3) is 5.91 Å². The number of carbonyl (C=O) groups excluding carboxylic acids is 2. The molecule has 2 heterocycles. The fourth-order valence-electron chi connectivity index (χ4n) is 3.98. The SMILES string of the molecule is C[C@]1(NC(=O)Cc2ccccc2)C(=O)N2CCS[C@]21c1ccccc1. The number of nitrogens with zero attached hydrogens (tertiary/aromatic N) is 1. The van der Waals surface area contributed by atoms with Crippen LogP contribution in [0.1, 0.15) is 18.1 Å². The number of thioether (sulfide) groups is 1. The van der Waals surface area contributed by atoms with Gasteiger partial charge in [-0.1, -0.05) is 60.7 Å². The van der Waals surface area contributed by atoms with E-state index in [0.717, 1.165) is 23.4 Å². The number of carbonyl (C=O) groups is 2. The lowest BCUT2D eigenvalue weighted by Gasteiger charge is -2.60. The van der Waals surface area contributed by atoms with Crippen molar-refractivity contribution in [1.29, 1.82) is 0 Å². The zero-order valence-electron chi connectivity index (χ0n) is 14.1. The minimum atomic E-state index is -0.915. The van der Waals surface area contributed by atoms with Crippen LogP contribution in [-0.4, -0.2) is 34.6 Å². The van der Waals surface area contributed by atoms with E-state index in [1.54, 1.807) is 11.8 Å². The fraction of sp³-hybridized carbons (Fsp3) is 0.300. The molecule has 0 spiro atoms. The van der Waals surface area contributed by atoms with Crippen LogP contribution >= 0.6 is 11.8 Å². The lowest BCUT2D eigenvalue weighted by molar-refractivity contribution is -0.167. The standard InChI is InChI=1S/C20H20N2O2S/c1-19(21-17(23)14-15-8-4-2-5-9-15)18(24)22-12-13-25-20(19,22)16-10-6-3-7-11-16/h2-11H,12-14H2,1H3,(H,21,23)/t19-,20-/m0/s1. The van der Waals surface area contributed by atoms with E-state index in [1.165, 1.54) is 0 Å². The number of rotatable bonds is 4. The van der Waals surface area contributed by atoms with Crippen molar-refractivity contribution in [2.45, 2.75) is 23.8 Å². The normalized spacial score (nSPS) is 27.6. The molecule has 2 aliphatic rings. The topological polar surface area (TPSA) is 49.4 Å². The zero-order valence-corrected chi connectivity index (χ0v) is 14.9. The first-order valence-electron chi connectivity index (χ1n) is 8.44. The highest BCUT2D eigenvalue weighted by Gasteiger charge is 2.72. The van der Waals surface area contributed by atoms with E-state index in [0.29, 0.717) is 0 Å². The summed E-state index contributed by atoms with van der Waals surface area (Å²) in [4.78, 5) is 26.9. The maximum atomic E-state index is 12.8. The van der Waals surface area contributed by atoms with Crippen molar-refractivity contribution >= 4 is 23.6 Å². The summed E-state index contributed by atoms with van der Waals surface area (Å²) in [5.74, 6) is 0.761. The quantitative estimate of drug-likeness (QED) is 0.861.